The van der Waals surface area contributed by atoms with Crippen molar-refractivity contribution >= 4 is 38.7 Å². The quantitative estimate of drug-likeness (QED) is 0.767. The van der Waals surface area contributed by atoms with Crippen LogP contribution in [0.1, 0.15) is 39.0 Å². The third kappa shape index (κ3) is 4.30. The van der Waals surface area contributed by atoms with Gasteiger partial charge in [-0.1, -0.05) is 25.3 Å². The molecule has 1 aromatic heterocycles. The molecule has 4 rings (SSSR count). The number of carbonyl (C=O) groups excluding carboxylic acids is 1. The molecule has 1 unspecified atom stereocenters. The van der Waals surface area contributed by atoms with Gasteiger partial charge in [0.05, 0.1) is 17.8 Å². The molecule has 1 aromatic carbocycles. The largest absolute Gasteiger partial charge is 0.352 e. The molecule has 29 heavy (non-hydrogen) atoms. The van der Waals surface area contributed by atoms with E-state index in [-0.39, 0.29) is 22.9 Å². The van der Waals surface area contributed by atoms with Crippen molar-refractivity contribution in [2.24, 2.45) is 0 Å². The topological polar surface area (TPSA) is 95.5 Å². The van der Waals surface area contributed by atoms with E-state index in [1.54, 1.807) is 18.2 Å². The summed E-state index contributed by atoms with van der Waals surface area (Å²) < 4.78 is 36.1. The minimum absolute atomic E-state index is 0.0477. The van der Waals surface area contributed by atoms with Crippen molar-refractivity contribution in [3.05, 3.63) is 18.2 Å². The van der Waals surface area contributed by atoms with Crippen LogP contribution in [-0.4, -0.2) is 70.5 Å². The number of amides is 1. The number of hydrogen-bond acceptors (Lipinski definition) is 7. The molecule has 1 aliphatic carbocycles. The molecule has 2 fully saturated rings. The zero-order valence-electron chi connectivity index (χ0n) is 16.6. The molecular formula is C19H27N5O3S2. The van der Waals surface area contributed by atoms with Crippen LogP contribution in [0.3, 0.4) is 0 Å². The maximum absolute atomic E-state index is 13.1. The number of sulfonamides is 1. The number of piperazine rings is 1. The van der Waals surface area contributed by atoms with Crippen LogP contribution in [0.5, 0.6) is 0 Å². The van der Waals surface area contributed by atoms with Gasteiger partial charge in [-0.3, -0.25) is 9.69 Å². The molecule has 8 nitrogen and oxygen atoms in total. The van der Waals surface area contributed by atoms with Crippen LogP contribution in [0.2, 0.25) is 0 Å². The van der Waals surface area contributed by atoms with E-state index in [0.29, 0.717) is 37.2 Å². The predicted molar refractivity (Wildman–Crippen MR) is 112 cm³/mol. The van der Waals surface area contributed by atoms with E-state index >= 15 is 0 Å². The van der Waals surface area contributed by atoms with Gasteiger partial charge in [0.25, 0.3) is 0 Å². The maximum atomic E-state index is 13.1. The molecular weight excluding hydrogens is 410 g/mol. The number of aromatic nitrogens is 2. The van der Waals surface area contributed by atoms with E-state index < -0.39 is 10.0 Å². The van der Waals surface area contributed by atoms with E-state index in [1.807, 2.05) is 6.92 Å². The summed E-state index contributed by atoms with van der Waals surface area (Å²) in [6.07, 6.45) is 5.72. The molecule has 158 valence electrons. The Bertz CT molecular complexity index is 963. The minimum Gasteiger partial charge on any atom is -0.352 e. The van der Waals surface area contributed by atoms with Crippen molar-refractivity contribution in [3.63, 3.8) is 0 Å². The molecule has 0 bridgehead atoms. The fraction of sp³-hybridized carbons (Fsp3) is 0.632. The van der Waals surface area contributed by atoms with Crippen molar-refractivity contribution < 1.29 is 13.2 Å². The summed E-state index contributed by atoms with van der Waals surface area (Å²) in [6.45, 7) is 3.69. The highest BCUT2D eigenvalue weighted by Crippen LogP contribution is 2.25. The van der Waals surface area contributed by atoms with Crippen LogP contribution in [0.15, 0.2) is 23.1 Å². The molecule has 1 N–H and O–H groups in total. The first-order valence-corrected chi connectivity index (χ1v) is 12.4. The Kier molecular flexibility index (Phi) is 6.14. The van der Waals surface area contributed by atoms with Crippen molar-refractivity contribution in [3.8, 4) is 0 Å². The number of benzene rings is 1. The molecule has 2 aliphatic rings. The molecule has 1 amide bonds. The second-order valence-corrected chi connectivity index (χ2v) is 10.3. The third-order valence-corrected chi connectivity index (χ3v) is 8.49. The lowest BCUT2D eigenvalue weighted by atomic mass is 9.95. The smallest absolute Gasteiger partial charge is 0.245 e. The van der Waals surface area contributed by atoms with Crippen LogP contribution >= 0.6 is 11.7 Å². The van der Waals surface area contributed by atoms with Crippen LogP contribution in [-0.2, 0) is 14.8 Å². The van der Waals surface area contributed by atoms with Gasteiger partial charge in [0, 0.05) is 32.2 Å². The molecule has 1 atom stereocenters. The molecule has 1 saturated heterocycles. The molecule has 2 aromatic rings. The fourth-order valence-electron chi connectivity index (χ4n) is 4.19. The lowest BCUT2D eigenvalue weighted by Gasteiger charge is -2.37. The summed E-state index contributed by atoms with van der Waals surface area (Å²) in [6, 6.07) is 5.08. The standard InChI is InChI=1S/C19H27N5O3S2/c1-14(19(25)20-15-6-3-2-4-7-15)23-10-12-24(13-11-23)29(26,27)17-9-5-8-16-18(17)22-28-21-16/h5,8-9,14-15H,2-4,6-7,10-13H2,1H3,(H,20,25). The summed E-state index contributed by atoms with van der Waals surface area (Å²) in [4.78, 5) is 14.9. The van der Waals surface area contributed by atoms with E-state index in [0.717, 1.165) is 24.6 Å². The van der Waals surface area contributed by atoms with Gasteiger partial charge >= 0.3 is 0 Å². The van der Waals surface area contributed by atoms with Gasteiger partial charge in [-0.25, -0.2) is 8.42 Å². The number of nitrogens with one attached hydrogen (secondary N) is 1. The molecule has 0 radical (unpaired) electrons. The summed E-state index contributed by atoms with van der Waals surface area (Å²) in [5, 5.41) is 3.17. The Hall–Kier alpha value is -1.62. The van der Waals surface area contributed by atoms with E-state index in [2.05, 4.69) is 19.0 Å². The summed E-state index contributed by atoms with van der Waals surface area (Å²) in [7, 11) is -3.64. The van der Waals surface area contributed by atoms with Crippen molar-refractivity contribution in [2.45, 2.75) is 56.0 Å². The Morgan fingerprint density at radius 1 is 1.14 bits per heavy atom. The van der Waals surface area contributed by atoms with Crippen LogP contribution in [0.25, 0.3) is 11.0 Å². The number of hydrogen-bond donors (Lipinski definition) is 1. The number of carbonyl (C=O) groups is 1. The average Bonchev–Trinajstić information content (AvgIpc) is 3.23. The van der Waals surface area contributed by atoms with Gasteiger partial charge in [0.15, 0.2) is 0 Å². The van der Waals surface area contributed by atoms with E-state index in [9.17, 15) is 13.2 Å². The fourth-order valence-corrected chi connectivity index (χ4v) is 6.37. The third-order valence-electron chi connectivity index (χ3n) is 6.02. The highest BCUT2D eigenvalue weighted by molar-refractivity contribution is 7.89. The molecule has 10 heteroatoms. The van der Waals surface area contributed by atoms with Gasteiger partial charge < -0.3 is 5.32 Å². The number of rotatable bonds is 5. The molecule has 1 aliphatic heterocycles. The predicted octanol–water partition coefficient (Wildman–Crippen LogP) is 1.83. The summed E-state index contributed by atoms with van der Waals surface area (Å²) >= 11 is 1.02. The average molecular weight is 438 g/mol. The van der Waals surface area contributed by atoms with E-state index in [4.69, 9.17) is 0 Å². The van der Waals surface area contributed by atoms with Crippen LogP contribution < -0.4 is 5.32 Å². The van der Waals surface area contributed by atoms with Crippen molar-refractivity contribution in [2.75, 3.05) is 26.2 Å². The van der Waals surface area contributed by atoms with Gasteiger partial charge in [0.2, 0.25) is 15.9 Å². The second-order valence-electron chi connectivity index (χ2n) is 7.85. The van der Waals surface area contributed by atoms with Gasteiger partial charge in [-0.2, -0.15) is 13.1 Å². The number of fused-ring (bicyclic) bond motifs is 1. The first kappa shape index (κ1) is 20.6. The van der Waals surface area contributed by atoms with Crippen LogP contribution in [0, 0.1) is 0 Å². The molecule has 1 saturated carbocycles. The Morgan fingerprint density at radius 3 is 2.59 bits per heavy atom. The zero-order valence-corrected chi connectivity index (χ0v) is 18.2. The molecule has 2 heterocycles. The van der Waals surface area contributed by atoms with E-state index in [1.165, 1.54) is 23.6 Å². The minimum atomic E-state index is -3.64. The number of nitrogens with zero attached hydrogens (tertiary/aromatic N) is 4. The Morgan fingerprint density at radius 2 is 1.86 bits per heavy atom. The Balaban J connectivity index is 1.38. The second kappa shape index (κ2) is 8.63. The maximum Gasteiger partial charge on any atom is 0.245 e. The van der Waals surface area contributed by atoms with Crippen molar-refractivity contribution in [1.29, 1.82) is 0 Å². The molecule has 0 spiro atoms. The summed E-state index contributed by atoms with van der Waals surface area (Å²) in [5.74, 6) is 0.0477. The SMILES string of the molecule is CC(C(=O)NC1CCCCC1)N1CCN(S(=O)(=O)c2cccc3nsnc23)CC1. The normalized spacial score (nSPS) is 21.3. The zero-order chi connectivity index (χ0) is 20.4. The lowest BCUT2D eigenvalue weighted by Crippen LogP contribution is -2.55. The monoisotopic (exact) mass is 437 g/mol. The van der Waals surface area contributed by atoms with Crippen molar-refractivity contribution in [1.82, 2.24) is 23.3 Å². The van der Waals surface area contributed by atoms with Gasteiger partial charge in [-0.15, -0.1) is 0 Å². The summed E-state index contributed by atoms with van der Waals surface area (Å²) in [5.41, 5.74) is 1.03. The highest BCUT2D eigenvalue weighted by atomic mass is 32.2. The first-order chi connectivity index (χ1) is 14.0. The van der Waals surface area contributed by atoms with Gasteiger partial charge in [0.1, 0.15) is 15.9 Å². The lowest BCUT2D eigenvalue weighted by molar-refractivity contribution is -0.127. The Labute approximate surface area is 175 Å². The first-order valence-electron chi connectivity index (χ1n) is 10.2. The van der Waals surface area contributed by atoms with Gasteiger partial charge in [-0.05, 0) is 31.9 Å². The van der Waals surface area contributed by atoms with Crippen LogP contribution in [0.4, 0.5) is 0 Å². The highest BCUT2D eigenvalue weighted by Gasteiger charge is 2.33.